The molecule has 3 aromatic rings. The molecule has 180 valence electrons. The van der Waals surface area contributed by atoms with Crippen molar-refractivity contribution in [3.8, 4) is 17.2 Å². The van der Waals surface area contributed by atoms with Gasteiger partial charge in [0.2, 0.25) is 9.84 Å². The number of phenolic OH excluding ortho intramolecular Hbond substituents is 1. The number of phenols is 1. The Morgan fingerprint density at radius 2 is 1.68 bits per heavy atom. The predicted molar refractivity (Wildman–Crippen MR) is 112 cm³/mol. The topological polar surface area (TPSA) is 101 Å². The summed E-state index contributed by atoms with van der Waals surface area (Å²) in [7, 11) is -4.38. The van der Waals surface area contributed by atoms with Crippen molar-refractivity contribution in [1.29, 1.82) is 0 Å². The van der Waals surface area contributed by atoms with Crippen LogP contribution in [0, 0.1) is 5.82 Å². The molecule has 0 fully saturated rings. The van der Waals surface area contributed by atoms with E-state index in [0.717, 1.165) is 48.5 Å². The van der Waals surface area contributed by atoms with Gasteiger partial charge in [-0.1, -0.05) is 11.6 Å². The van der Waals surface area contributed by atoms with Crippen molar-refractivity contribution < 1.29 is 45.7 Å². The van der Waals surface area contributed by atoms with E-state index < -0.39 is 61.2 Å². The smallest absolute Gasteiger partial charge is 0.420 e. The van der Waals surface area contributed by atoms with Crippen LogP contribution in [0.3, 0.4) is 0 Å². The third-order valence-electron chi connectivity index (χ3n) is 4.60. The first kappa shape index (κ1) is 25.3. The maximum absolute atomic E-state index is 13.7. The van der Waals surface area contributed by atoms with Gasteiger partial charge in [-0.25, -0.2) is 12.8 Å². The third-order valence-corrected chi connectivity index (χ3v) is 6.68. The number of hydrogen-bond acceptors (Lipinski definition) is 5. The zero-order valence-corrected chi connectivity index (χ0v) is 18.5. The number of carboxylic acid groups (broad SMARTS) is 1. The molecule has 2 N–H and O–H groups in total. The summed E-state index contributed by atoms with van der Waals surface area (Å²) < 4.78 is 85.2. The molecule has 0 atom stereocenters. The average molecular weight is 519 g/mol. The summed E-state index contributed by atoms with van der Waals surface area (Å²) in [5, 5.41) is 18.4. The number of alkyl halides is 3. The predicted octanol–water partition coefficient (Wildman–Crippen LogP) is 5.85. The van der Waals surface area contributed by atoms with Crippen molar-refractivity contribution in [1.82, 2.24) is 0 Å². The van der Waals surface area contributed by atoms with Crippen LogP contribution in [-0.2, 0) is 27.2 Å². The Morgan fingerprint density at radius 1 is 1.03 bits per heavy atom. The van der Waals surface area contributed by atoms with Crippen LogP contribution >= 0.6 is 11.6 Å². The lowest BCUT2D eigenvalue weighted by Crippen LogP contribution is -2.09. The Kier molecular flexibility index (Phi) is 7.08. The SMILES string of the molecule is O=C(O)CCc1cc(Cl)c(Oc2ccc(O)c(S(=O)(=O)c3ccc(F)cc3)c2)c(C(F)(F)F)c1. The van der Waals surface area contributed by atoms with Gasteiger partial charge in [0.25, 0.3) is 0 Å². The number of benzene rings is 3. The molecule has 0 aliphatic heterocycles. The molecule has 0 saturated heterocycles. The Bertz CT molecular complexity index is 1340. The molecule has 0 unspecified atom stereocenters. The number of aryl methyl sites for hydroxylation is 1. The second-order valence-corrected chi connectivity index (χ2v) is 9.36. The molecule has 12 heteroatoms. The summed E-state index contributed by atoms with van der Waals surface area (Å²) in [6, 6.07) is 8.28. The summed E-state index contributed by atoms with van der Waals surface area (Å²) in [6.45, 7) is 0. The standard InChI is InChI=1S/C22H15ClF4O6S/c23-17-10-12(1-8-20(29)30)9-16(22(25,26)27)21(17)33-14-4-7-18(28)19(11-14)34(31,32)15-5-2-13(24)3-6-15/h2-7,9-11,28H,1,8H2,(H,29,30). The van der Waals surface area contributed by atoms with Crippen LogP contribution in [0.4, 0.5) is 17.6 Å². The van der Waals surface area contributed by atoms with E-state index in [-0.39, 0.29) is 22.6 Å². The molecule has 0 aliphatic rings. The molecule has 6 nitrogen and oxygen atoms in total. The number of rotatable bonds is 7. The molecule has 34 heavy (non-hydrogen) atoms. The van der Waals surface area contributed by atoms with Crippen LogP contribution in [0.5, 0.6) is 17.2 Å². The second kappa shape index (κ2) is 9.51. The zero-order valence-electron chi connectivity index (χ0n) is 16.9. The van der Waals surface area contributed by atoms with E-state index in [1.165, 1.54) is 0 Å². The maximum atomic E-state index is 13.7. The molecule has 0 bridgehead atoms. The van der Waals surface area contributed by atoms with Gasteiger partial charge in [0.1, 0.15) is 22.2 Å². The number of carboxylic acids is 1. The van der Waals surface area contributed by atoms with Gasteiger partial charge < -0.3 is 14.9 Å². The van der Waals surface area contributed by atoms with E-state index in [9.17, 15) is 35.9 Å². The van der Waals surface area contributed by atoms with Crippen molar-refractivity contribution in [2.45, 2.75) is 28.8 Å². The fourth-order valence-corrected chi connectivity index (χ4v) is 4.63. The van der Waals surface area contributed by atoms with E-state index in [2.05, 4.69) is 0 Å². The molecule has 0 radical (unpaired) electrons. The molecular formula is C22H15ClF4O6S. The van der Waals surface area contributed by atoms with Crippen molar-refractivity contribution in [3.05, 3.63) is 76.6 Å². The number of aromatic hydroxyl groups is 1. The lowest BCUT2D eigenvalue weighted by Gasteiger charge is -2.17. The van der Waals surface area contributed by atoms with Crippen LogP contribution in [0.1, 0.15) is 17.5 Å². The van der Waals surface area contributed by atoms with Crippen molar-refractivity contribution in [3.63, 3.8) is 0 Å². The Labute approximate surface area is 195 Å². The quantitative estimate of drug-likeness (QED) is 0.301. The fourth-order valence-electron chi connectivity index (χ4n) is 2.99. The molecule has 0 heterocycles. The number of hydrogen-bond donors (Lipinski definition) is 2. The highest BCUT2D eigenvalue weighted by atomic mass is 35.5. The Balaban J connectivity index is 2.05. The lowest BCUT2D eigenvalue weighted by molar-refractivity contribution is -0.138. The molecule has 3 aromatic carbocycles. The average Bonchev–Trinajstić information content (AvgIpc) is 2.74. The van der Waals surface area contributed by atoms with Gasteiger partial charge in [-0.05, 0) is 60.5 Å². The Hall–Kier alpha value is -3.31. The first-order valence-corrected chi connectivity index (χ1v) is 11.3. The number of sulfone groups is 1. The third kappa shape index (κ3) is 5.60. The van der Waals surface area contributed by atoms with Crippen LogP contribution in [0.25, 0.3) is 0 Å². The number of carbonyl (C=O) groups is 1. The lowest BCUT2D eigenvalue weighted by atomic mass is 10.0. The highest BCUT2D eigenvalue weighted by Gasteiger charge is 2.36. The van der Waals surface area contributed by atoms with Gasteiger partial charge in [0.15, 0.2) is 5.75 Å². The van der Waals surface area contributed by atoms with E-state index in [1.54, 1.807) is 0 Å². The number of halogens is 5. The molecular weight excluding hydrogens is 504 g/mol. The fraction of sp³-hybridized carbons (Fsp3) is 0.136. The van der Waals surface area contributed by atoms with Gasteiger partial charge in [0.05, 0.1) is 15.5 Å². The monoisotopic (exact) mass is 518 g/mol. The highest BCUT2D eigenvalue weighted by Crippen LogP contribution is 2.44. The minimum absolute atomic E-state index is 0.0114. The summed E-state index contributed by atoms with van der Waals surface area (Å²) in [4.78, 5) is 9.70. The second-order valence-electron chi connectivity index (χ2n) is 7.03. The summed E-state index contributed by atoms with van der Waals surface area (Å²) in [5.74, 6) is -3.82. The molecule has 0 saturated carbocycles. The van der Waals surface area contributed by atoms with E-state index in [4.69, 9.17) is 21.4 Å². The summed E-state index contributed by atoms with van der Waals surface area (Å²) in [5.41, 5.74) is -1.28. The van der Waals surface area contributed by atoms with Gasteiger partial charge in [0, 0.05) is 12.5 Å². The Morgan fingerprint density at radius 3 is 2.26 bits per heavy atom. The van der Waals surface area contributed by atoms with Crippen LogP contribution < -0.4 is 4.74 Å². The van der Waals surface area contributed by atoms with Gasteiger partial charge in [-0.15, -0.1) is 0 Å². The molecule has 0 aliphatic carbocycles. The number of ether oxygens (including phenoxy) is 1. The van der Waals surface area contributed by atoms with Crippen molar-refractivity contribution in [2.24, 2.45) is 0 Å². The van der Waals surface area contributed by atoms with Gasteiger partial charge in [-0.2, -0.15) is 13.2 Å². The minimum atomic E-state index is -4.93. The van der Waals surface area contributed by atoms with Crippen molar-refractivity contribution in [2.75, 3.05) is 0 Å². The largest absolute Gasteiger partial charge is 0.507 e. The number of aliphatic carboxylic acids is 1. The minimum Gasteiger partial charge on any atom is -0.507 e. The first-order valence-electron chi connectivity index (χ1n) is 9.42. The highest BCUT2D eigenvalue weighted by molar-refractivity contribution is 7.91. The maximum Gasteiger partial charge on any atom is 0.420 e. The molecule has 0 aromatic heterocycles. The van der Waals surface area contributed by atoms with Crippen molar-refractivity contribution >= 4 is 27.4 Å². The molecule has 3 rings (SSSR count). The van der Waals surface area contributed by atoms with Crippen LogP contribution in [-0.4, -0.2) is 24.6 Å². The summed E-state index contributed by atoms with van der Waals surface area (Å²) >= 11 is 6.00. The van der Waals surface area contributed by atoms with E-state index in [0.29, 0.717) is 6.07 Å². The summed E-state index contributed by atoms with van der Waals surface area (Å²) in [6.07, 6.45) is -5.56. The van der Waals surface area contributed by atoms with Gasteiger partial charge >= 0.3 is 12.1 Å². The van der Waals surface area contributed by atoms with Crippen LogP contribution in [0.2, 0.25) is 5.02 Å². The molecule has 0 amide bonds. The van der Waals surface area contributed by atoms with E-state index in [1.807, 2.05) is 0 Å². The normalized spacial score (nSPS) is 11.9. The van der Waals surface area contributed by atoms with E-state index >= 15 is 0 Å². The van der Waals surface area contributed by atoms with Gasteiger partial charge in [-0.3, -0.25) is 4.79 Å². The zero-order chi connectivity index (χ0) is 25.3. The first-order chi connectivity index (χ1) is 15.8. The van der Waals surface area contributed by atoms with Crippen LogP contribution in [0.15, 0.2) is 64.4 Å². The molecule has 0 spiro atoms.